The number of carbonyl (C=O) groups is 1. The minimum Gasteiger partial charge on any atom is -0.478 e. The van der Waals surface area contributed by atoms with E-state index in [4.69, 9.17) is 5.11 Å². The Morgan fingerprint density at radius 3 is 2.22 bits per heavy atom. The molecule has 0 amide bonds. The Morgan fingerprint density at radius 1 is 1.00 bits per heavy atom. The molecule has 0 aliphatic rings. The Balaban J connectivity index is 2.23. The fourth-order valence-electron chi connectivity index (χ4n) is 1.51. The van der Waals surface area contributed by atoms with Crippen LogP contribution in [0.4, 0.5) is 11.4 Å². The van der Waals surface area contributed by atoms with Crippen LogP contribution in [0.2, 0.25) is 0 Å². The lowest BCUT2D eigenvalue weighted by atomic mass is 10.2. The molecule has 0 aromatic heterocycles. The molecule has 0 aliphatic heterocycles. The molecule has 0 atom stereocenters. The highest BCUT2D eigenvalue weighted by Crippen LogP contribution is 2.19. The molecular formula is C14H12N2O2. The maximum atomic E-state index is 10.8. The highest BCUT2D eigenvalue weighted by Gasteiger charge is 2.02. The number of carboxylic acid groups (broad SMARTS) is 1. The Morgan fingerprint density at radius 2 is 1.61 bits per heavy atom. The molecule has 0 fully saturated rings. The van der Waals surface area contributed by atoms with Gasteiger partial charge < -0.3 is 5.11 Å². The maximum absolute atomic E-state index is 10.8. The molecule has 0 radical (unpaired) electrons. The van der Waals surface area contributed by atoms with E-state index in [1.807, 2.05) is 31.2 Å². The standard InChI is InChI=1S/C14H12N2O2/c1-10-4-2-6-12(8-10)15-16-13-7-3-5-11(9-13)14(17)18/h2-9H,1H3,(H,17,18)/b16-15+. The summed E-state index contributed by atoms with van der Waals surface area (Å²) in [6, 6.07) is 14.0. The van der Waals surface area contributed by atoms with E-state index in [2.05, 4.69) is 10.2 Å². The van der Waals surface area contributed by atoms with Gasteiger partial charge in [0.15, 0.2) is 0 Å². The second-order valence-electron chi connectivity index (χ2n) is 3.89. The van der Waals surface area contributed by atoms with Gasteiger partial charge in [-0.15, -0.1) is 0 Å². The molecule has 2 rings (SSSR count). The number of aromatic carboxylic acids is 1. The Kier molecular flexibility index (Phi) is 3.48. The van der Waals surface area contributed by atoms with Crippen LogP contribution < -0.4 is 0 Å². The van der Waals surface area contributed by atoms with Gasteiger partial charge in [-0.05, 0) is 42.8 Å². The van der Waals surface area contributed by atoms with E-state index in [1.54, 1.807) is 12.1 Å². The highest BCUT2D eigenvalue weighted by molar-refractivity contribution is 5.88. The minimum absolute atomic E-state index is 0.204. The lowest BCUT2D eigenvalue weighted by Gasteiger charge is -1.96. The van der Waals surface area contributed by atoms with Crippen molar-refractivity contribution < 1.29 is 9.90 Å². The lowest BCUT2D eigenvalue weighted by molar-refractivity contribution is 0.0697. The van der Waals surface area contributed by atoms with Crippen LogP contribution in [0.1, 0.15) is 15.9 Å². The second kappa shape index (κ2) is 5.23. The van der Waals surface area contributed by atoms with E-state index < -0.39 is 5.97 Å². The van der Waals surface area contributed by atoms with Crippen molar-refractivity contribution in [1.82, 2.24) is 0 Å². The first-order chi connectivity index (χ1) is 8.65. The number of rotatable bonds is 3. The first-order valence-electron chi connectivity index (χ1n) is 5.47. The van der Waals surface area contributed by atoms with Crippen molar-refractivity contribution in [3.05, 3.63) is 59.7 Å². The van der Waals surface area contributed by atoms with Crippen molar-refractivity contribution in [3.8, 4) is 0 Å². The van der Waals surface area contributed by atoms with Crippen molar-refractivity contribution >= 4 is 17.3 Å². The number of hydrogen-bond donors (Lipinski definition) is 1. The van der Waals surface area contributed by atoms with Gasteiger partial charge in [0.1, 0.15) is 0 Å². The largest absolute Gasteiger partial charge is 0.478 e. The predicted molar refractivity (Wildman–Crippen MR) is 68.8 cm³/mol. The van der Waals surface area contributed by atoms with Gasteiger partial charge in [-0.1, -0.05) is 18.2 Å². The number of hydrogen-bond acceptors (Lipinski definition) is 3. The van der Waals surface area contributed by atoms with Gasteiger partial charge >= 0.3 is 5.97 Å². The van der Waals surface area contributed by atoms with Crippen molar-refractivity contribution in [2.75, 3.05) is 0 Å². The summed E-state index contributed by atoms with van der Waals surface area (Å²) < 4.78 is 0. The van der Waals surface area contributed by atoms with Crippen molar-refractivity contribution in [2.24, 2.45) is 10.2 Å². The van der Waals surface area contributed by atoms with Gasteiger partial charge in [0.2, 0.25) is 0 Å². The number of carboxylic acids is 1. The predicted octanol–water partition coefficient (Wildman–Crippen LogP) is 4.11. The summed E-state index contributed by atoms with van der Waals surface area (Å²) in [6.45, 7) is 1.98. The summed E-state index contributed by atoms with van der Waals surface area (Å²) in [6.07, 6.45) is 0. The Hall–Kier alpha value is -2.49. The fraction of sp³-hybridized carbons (Fsp3) is 0.0714. The molecule has 90 valence electrons. The van der Waals surface area contributed by atoms with Crippen LogP contribution in [0.25, 0.3) is 0 Å². The molecule has 0 heterocycles. The smallest absolute Gasteiger partial charge is 0.335 e. The molecule has 4 heteroatoms. The van der Waals surface area contributed by atoms with Crippen LogP contribution in [0.15, 0.2) is 58.8 Å². The van der Waals surface area contributed by atoms with Crippen LogP contribution in [0, 0.1) is 6.92 Å². The van der Waals surface area contributed by atoms with Gasteiger partial charge in [0.25, 0.3) is 0 Å². The average Bonchev–Trinajstić information content (AvgIpc) is 2.37. The first kappa shape index (κ1) is 12.0. The van der Waals surface area contributed by atoms with E-state index in [1.165, 1.54) is 12.1 Å². The van der Waals surface area contributed by atoms with Crippen LogP contribution >= 0.6 is 0 Å². The van der Waals surface area contributed by atoms with Gasteiger partial charge in [0.05, 0.1) is 16.9 Å². The van der Waals surface area contributed by atoms with Crippen LogP contribution in [0.3, 0.4) is 0 Å². The monoisotopic (exact) mass is 240 g/mol. The molecule has 1 N–H and O–H groups in total. The summed E-state index contributed by atoms with van der Waals surface area (Å²) in [5.74, 6) is -0.970. The van der Waals surface area contributed by atoms with Crippen LogP contribution in [-0.2, 0) is 0 Å². The summed E-state index contributed by atoms with van der Waals surface area (Å²) >= 11 is 0. The normalized spacial score (nSPS) is 10.7. The van der Waals surface area contributed by atoms with Crippen molar-refractivity contribution in [2.45, 2.75) is 6.92 Å². The van der Waals surface area contributed by atoms with Gasteiger partial charge in [-0.3, -0.25) is 0 Å². The third-order valence-corrected chi connectivity index (χ3v) is 2.38. The van der Waals surface area contributed by atoms with Crippen molar-refractivity contribution in [3.63, 3.8) is 0 Å². The lowest BCUT2D eigenvalue weighted by Crippen LogP contribution is -1.94. The average molecular weight is 240 g/mol. The van der Waals surface area contributed by atoms with E-state index >= 15 is 0 Å². The molecule has 0 bridgehead atoms. The van der Waals surface area contributed by atoms with Gasteiger partial charge in [-0.2, -0.15) is 10.2 Å². The third-order valence-electron chi connectivity index (χ3n) is 2.38. The van der Waals surface area contributed by atoms with Crippen LogP contribution in [0.5, 0.6) is 0 Å². The SMILES string of the molecule is Cc1cccc(/N=N/c2cccc(C(=O)O)c2)c1. The van der Waals surface area contributed by atoms with Crippen LogP contribution in [-0.4, -0.2) is 11.1 Å². The maximum Gasteiger partial charge on any atom is 0.335 e. The van der Waals surface area contributed by atoms with E-state index in [0.29, 0.717) is 5.69 Å². The third kappa shape index (κ3) is 3.01. The molecule has 2 aromatic rings. The highest BCUT2D eigenvalue weighted by atomic mass is 16.4. The Labute approximate surface area is 105 Å². The topological polar surface area (TPSA) is 62.0 Å². The van der Waals surface area contributed by atoms with Crippen molar-refractivity contribution in [1.29, 1.82) is 0 Å². The molecule has 2 aromatic carbocycles. The summed E-state index contributed by atoms with van der Waals surface area (Å²) in [7, 11) is 0. The summed E-state index contributed by atoms with van der Waals surface area (Å²) in [4.78, 5) is 10.8. The molecule has 4 nitrogen and oxygen atoms in total. The molecule has 0 saturated heterocycles. The summed E-state index contributed by atoms with van der Waals surface area (Å²) in [5.41, 5.74) is 2.58. The van der Waals surface area contributed by atoms with E-state index in [0.717, 1.165) is 11.3 Å². The summed E-state index contributed by atoms with van der Waals surface area (Å²) in [5, 5.41) is 17.0. The fourth-order valence-corrected chi connectivity index (χ4v) is 1.51. The molecule has 0 saturated carbocycles. The van der Waals surface area contributed by atoms with E-state index in [-0.39, 0.29) is 5.56 Å². The molecule has 0 aliphatic carbocycles. The molecular weight excluding hydrogens is 228 g/mol. The minimum atomic E-state index is -0.970. The second-order valence-corrected chi connectivity index (χ2v) is 3.89. The molecule has 0 unspecified atom stereocenters. The number of aryl methyl sites for hydroxylation is 1. The number of benzene rings is 2. The zero-order valence-corrected chi connectivity index (χ0v) is 9.87. The van der Waals surface area contributed by atoms with Gasteiger partial charge in [0, 0.05) is 0 Å². The quantitative estimate of drug-likeness (QED) is 0.820. The Bertz CT molecular complexity index is 606. The number of azo groups is 1. The van der Waals surface area contributed by atoms with E-state index in [9.17, 15) is 4.79 Å². The first-order valence-corrected chi connectivity index (χ1v) is 5.47. The zero-order valence-electron chi connectivity index (χ0n) is 9.87. The molecule has 0 spiro atoms. The number of nitrogens with zero attached hydrogens (tertiary/aromatic N) is 2. The van der Waals surface area contributed by atoms with Gasteiger partial charge in [-0.25, -0.2) is 4.79 Å². The zero-order chi connectivity index (χ0) is 13.0. The molecule has 18 heavy (non-hydrogen) atoms.